The molecule has 0 saturated heterocycles. The van der Waals surface area contributed by atoms with Crippen LogP contribution in [0.5, 0.6) is 0 Å². The van der Waals surface area contributed by atoms with E-state index in [0.717, 1.165) is 10.9 Å². The van der Waals surface area contributed by atoms with E-state index in [9.17, 15) is 14.4 Å². The van der Waals surface area contributed by atoms with Crippen molar-refractivity contribution in [2.45, 2.75) is 26.2 Å². The Bertz CT molecular complexity index is 1110. The molecule has 0 saturated carbocycles. The van der Waals surface area contributed by atoms with Gasteiger partial charge in [-0.1, -0.05) is 57.2 Å². The van der Waals surface area contributed by atoms with Crippen LogP contribution in [-0.4, -0.2) is 35.7 Å². The fourth-order valence-electron chi connectivity index (χ4n) is 3.79. The summed E-state index contributed by atoms with van der Waals surface area (Å²) in [4.78, 5) is 39.4. The van der Waals surface area contributed by atoms with Crippen LogP contribution in [0.25, 0.3) is 10.8 Å². The third-order valence-electron chi connectivity index (χ3n) is 5.49. The van der Waals surface area contributed by atoms with Gasteiger partial charge in [-0.25, -0.2) is 0 Å². The van der Waals surface area contributed by atoms with Crippen LogP contribution in [0.1, 0.15) is 57.4 Å². The molecule has 0 unspecified atom stereocenters. The number of carbonyl (C=O) groups excluding carboxylic acids is 3. The molecular formula is C25H24N2O3. The smallest absolute Gasteiger partial charge is 0.261 e. The minimum atomic E-state index is -0.326. The first-order chi connectivity index (χ1) is 14.3. The largest absolute Gasteiger partial charge is 0.350 e. The molecule has 3 amide bonds. The van der Waals surface area contributed by atoms with Gasteiger partial charge in [-0.2, -0.15) is 0 Å². The van der Waals surface area contributed by atoms with Crippen LogP contribution in [-0.2, 0) is 5.41 Å². The number of carbonyl (C=O) groups is 3. The fraction of sp³-hybridized carbons (Fsp3) is 0.240. The fourth-order valence-corrected chi connectivity index (χ4v) is 3.79. The Morgan fingerprint density at radius 3 is 1.97 bits per heavy atom. The third-order valence-corrected chi connectivity index (χ3v) is 5.49. The number of rotatable bonds is 4. The first kappa shape index (κ1) is 19.8. The Morgan fingerprint density at radius 1 is 0.867 bits per heavy atom. The molecule has 5 heteroatoms. The van der Waals surface area contributed by atoms with Crippen molar-refractivity contribution in [3.63, 3.8) is 0 Å². The van der Waals surface area contributed by atoms with Crippen molar-refractivity contribution in [2.75, 3.05) is 13.1 Å². The highest BCUT2D eigenvalue weighted by atomic mass is 16.2. The molecule has 0 atom stereocenters. The molecule has 30 heavy (non-hydrogen) atoms. The summed E-state index contributed by atoms with van der Waals surface area (Å²) in [7, 11) is 0. The number of imide groups is 1. The Hall–Kier alpha value is -3.47. The highest BCUT2D eigenvalue weighted by Crippen LogP contribution is 2.29. The maximum absolute atomic E-state index is 12.9. The van der Waals surface area contributed by atoms with E-state index >= 15 is 0 Å². The molecule has 152 valence electrons. The van der Waals surface area contributed by atoms with E-state index in [1.54, 1.807) is 24.3 Å². The molecule has 0 aliphatic carbocycles. The van der Waals surface area contributed by atoms with Gasteiger partial charge in [-0.15, -0.1) is 0 Å². The van der Waals surface area contributed by atoms with Crippen LogP contribution < -0.4 is 5.32 Å². The molecule has 1 N–H and O–H groups in total. The number of hydrogen-bond donors (Lipinski definition) is 1. The molecule has 0 radical (unpaired) electrons. The van der Waals surface area contributed by atoms with Gasteiger partial charge in [0.2, 0.25) is 0 Å². The summed E-state index contributed by atoms with van der Waals surface area (Å²) in [5.74, 6) is -0.879. The standard InChI is InChI=1S/C25H24N2O3/c1-25(2,3)18-12-10-17(11-13-18)22(28)26-14-15-27-23(29)19-8-4-6-16-7-5-9-20(21(16)19)24(27)30/h4-13H,14-15H2,1-3H3,(H,26,28). The van der Waals surface area contributed by atoms with E-state index in [2.05, 4.69) is 26.1 Å². The summed E-state index contributed by atoms with van der Waals surface area (Å²) in [6.45, 7) is 6.66. The van der Waals surface area contributed by atoms with E-state index in [1.807, 2.05) is 36.4 Å². The third kappa shape index (κ3) is 3.47. The molecule has 1 aliphatic heterocycles. The number of nitrogens with zero attached hydrogens (tertiary/aromatic N) is 1. The lowest BCUT2D eigenvalue weighted by molar-refractivity contribution is 0.0607. The summed E-state index contributed by atoms with van der Waals surface area (Å²) in [5.41, 5.74) is 2.76. The van der Waals surface area contributed by atoms with E-state index < -0.39 is 0 Å². The van der Waals surface area contributed by atoms with Gasteiger partial charge in [0.1, 0.15) is 0 Å². The van der Waals surface area contributed by atoms with Crippen LogP contribution in [0.4, 0.5) is 0 Å². The molecular weight excluding hydrogens is 376 g/mol. The average molecular weight is 400 g/mol. The van der Waals surface area contributed by atoms with Crippen LogP contribution in [0.3, 0.4) is 0 Å². The van der Waals surface area contributed by atoms with Crippen LogP contribution >= 0.6 is 0 Å². The zero-order chi connectivity index (χ0) is 21.5. The zero-order valence-electron chi connectivity index (χ0n) is 17.4. The molecule has 0 aromatic heterocycles. The number of hydrogen-bond acceptors (Lipinski definition) is 3. The molecule has 3 aromatic carbocycles. The lowest BCUT2D eigenvalue weighted by atomic mass is 9.87. The van der Waals surface area contributed by atoms with E-state index in [1.165, 1.54) is 4.90 Å². The molecule has 5 nitrogen and oxygen atoms in total. The summed E-state index contributed by atoms with van der Waals surface area (Å²) < 4.78 is 0. The number of nitrogens with one attached hydrogen (secondary N) is 1. The Balaban J connectivity index is 1.45. The lowest BCUT2D eigenvalue weighted by Crippen LogP contribution is -2.44. The molecule has 4 rings (SSSR count). The van der Waals surface area contributed by atoms with E-state index in [-0.39, 0.29) is 36.2 Å². The molecule has 0 spiro atoms. The topological polar surface area (TPSA) is 66.5 Å². The van der Waals surface area contributed by atoms with Crippen molar-refractivity contribution in [1.29, 1.82) is 0 Å². The van der Waals surface area contributed by atoms with Gasteiger partial charge in [-0.3, -0.25) is 19.3 Å². The van der Waals surface area contributed by atoms with Gasteiger partial charge < -0.3 is 5.32 Å². The molecule has 0 fully saturated rings. The number of amides is 3. The summed E-state index contributed by atoms with van der Waals surface area (Å²) in [6, 6.07) is 18.4. The lowest BCUT2D eigenvalue weighted by Gasteiger charge is -2.27. The number of benzene rings is 3. The Labute approximate surface area is 175 Å². The predicted molar refractivity (Wildman–Crippen MR) is 117 cm³/mol. The van der Waals surface area contributed by atoms with Crippen LogP contribution in [0.15, 0.2) is 60.7 Å². The van der Waals surface area contributed by atoms with Crippen molar-refractivity contribution < 1.29 is 14.4 Å². The van der Waals surface area contributed by atoms with Crippen LogP contribution in [0, 0.1) is 0 Å². The minimum absolute atomic E-state index is 0.0170. The highest BCUT2D eigenvalue weighted by molar-refractivity contribution is 6.25. The first-order valence-electron chi connectivity index (χ1n) is 10.0. The van der Waals surface area contributed by atoms with Gasteiger partial charge in [0.15, 0.2) is 0 Å². The predicted octanol–water partition coefficient (Wildman–Crippen LogP) is 4.16. The molecule has 3 aromatic rings. The summed E-state index contributed by atoms with van der Waals surface area (Å²) in [5, 5.41) is 4.39. The zero-order valence-corrected chi connectivity index (χ0v) is 17.4. The molecule has 0 bridgehead atoms. The average Bonchev–Trinajstić information content (AvgIpc) is 2.73. The van der Waals surface area contributed by atoms with Gasteiger partial charge in [0, 0.05) is 35.2 Å². The second-order valence-electron chi connectivity index (χ2n) is 8.55. The molecule has 1 heterocycles. The van der Waals surface area contributed by atoms with Crippen molar-refractivity contribution in [2.24, 2.45) is 0 Å². The van der Waals surface area contributed by atoms with E-state index in [4.69, 9.17) is 0 Å². The second-order valence-corrected chi connectivity index (χ2v) is 8.55. The highest BCUT2D eigenvalue weighted by Gasteiger charge is 2.32. The SMILES string of the molecule is CC(C)(C)c1ccc(C(=O)NCCN2C(=O)c3cccc4cccc(c34)C2=O)cc1. The maximum atomic E-state index is 12.9. The quantitative estimate of drug-likeness (QED) is 0.669. The van der Waals surface area contributed by atoms with Gasteiger partial charge in [-0.05, 0) is 40.6 Å². The first-order valence-corrected chi connectivity index (χ1v) is 10.0. The summed E-state index contributed by atoms with van der Waals surface area (Å²) in [6.07, 6.45) is 0. The monoisotopic (exact) mass is 400 g/mol. The minimum Gasteiger partial charge on any atom is -0.350 e. The van der Waals surface area contributed by atoms with Crippen molar-refractivity contribution in [1.82, 2.24) is 10.2 Å². The maximum Gasteiger partial charge on any atom is 0.261 e. The van der Waals surface area contributed by atoms with Gasteiger partial charge in [0.25, 0.3) is 17.7 Å². The van der Waals surface area contributed by atoms with Crippen molar-refractivity contribution >= 4 is 28.5 Å². The Kier molecular flexibility index (Phi) is 4.90. The van der Waals surface area contributed by atoms with Gasteiger partial charge in [0.05, 0.1) is 0 Å². The normalized spacial score (nSPS) is 13.6. The van der Waals surface area contributed by atoms with E-state index in [0.29, 0.717) is 22.1 Å². The van der Waals surface area contributed by atoms with Crippen LogP contribution in [0.2, 0.25) is 0 Å². The second kappa shape index (κ2) is 7.41. The molecule has 1 aliphatic rings. The Morgan fingerprint density at radius 2 is 1.43 bits per heavy atom. The van der Waals surface area contributed by atoms with Gasteiger partial charge >= 0.3 is 0 Å². The van der Waals surface area contributed by atoms with Crippen molar-refractivity contribution in [3.05, 3.63) is 82.9 Å². The summed E-state index contributed by atoms with van der Waals surface area (Å²) >= 11 is 0. The van der Waals surface area contributed by atoms with Crippen molar-refractivity contribution in [3.8, 4) is 0 Å².